The standard InChI is InChI=1S/C13H20N4O/c1-2-17-12(10(14)7-15-17)13(18)16-11(8-3-4-8)9-5-6-9/h7-9,11H,2-6,14H2,1H3,(H,16,18). The Morgan fingerprint density at radius 3 is 2.61 bits per heavy atom. The van der Waals surface area contributed by atoms with Gasteiger partial charge in [-0.2, -0.15) is 5.10 Å². The molecule has 0 saturated heterocycles. The van der Waals surface area contributed by atoms with E-state index in [2.05, 4.69) is 10.4 Å². The number of nitrogens with two attached hydrogens (primary N) is 1. The maximum Gasteiger partial charge on any atom is 0.271 e. The average molecular weight is 248 g/mol. The molecule has 1 heterocycles. The summed E-state index contributed by atoms with van der Waals surface area (Å²) in [5.74, 6) is 1.33. The third-order valence-electron chi connectivity index (χ3n) is 3.94. The van der Waals surface area contributed by atoms with Gasteiger partial charge in [-0.1, -0.05) is 0 Å². The predicted octanol–water partition coefficient (Wildman–Crippen LogP) is 1.40. The lowest BCUT2D eigenvalue weighted by Gasteiger charge is -2.18. The molecule has 0 radical (unpaired) electrons. The van der Waals surface area contributed by atoms with Crippen molar-refractivity contribution in [2.75, 3.05) is 5.73 Å². The molecule has 0 bridgehead atoms. The number of rotatable bonds is 5. The third kappa shape index (κ3) is 2.09. The van der Waals surface area contributed by atoms with Gasteiger partial charge in [0.1, 0.15) is 5.69 Å². The summed E-state index contributed by atoms with van der Waals surface area (Å²) in [4.78, 5) is 12.3. The van der Waals surface area contributed by atoms with Crippen molar-refractivity contribution in [2.45, 2.75) is 45.2 Å². The second-order valence-corrected chi connectivity index (χ2v) is 5.44. The Kier molecular flexibility index (Phi) is 2.76. The molecule has 2 fully saturated rings. The number of carbonyl (C=O) groups excluding carboxylic acids is 1. The van der Waals surface area contributed by atoms with Crippen LogP contribution in [0.2, 0.25) is 0 Å². The zero-order chi connectivity index (χ0) is 12.7. The molecule has 3 N–H and O–H groups in total. The van der Waals surface area contributed by atoms with E-state index in [-0.39, 0.29) is 5.91 Å². The van der Waals surface area contributed by atoms with Gasteiger partial charge in [0.15, 0.2) is 0 Å². The summed E-state index contributed by atoms with van der Waals surface area (Å²) in [5.41, 5.74) is 6.82. The summed E-state index contributed by atoms with van der Waals surface area (Å²) >= 11 is 0. The number of anilines is 1. The van der Waals surface area contributed by atoms with Crippen LogP contribution in [0.5, 0.6) is 0 Å². The van der Waals surface area contributed by atoms with Gasteiger partial charge < -0.3 is 11.1 Å². The quantitative estimate of drug-likeness (QED) is 0.827. The van der Waals surface area contributed by atoms with Crippen LogP contribution in [-0.2, 0) is 6.54 Å². The van der Waals surface area contributed by atoms with Crippen LogP contribution < -0.4 is 11.1 Å². The number of amides is 1. The summed E-state index contributed by atoms with van der Waals surface area (Å²) in [7, 11) is 0. The van der Waals surface area contributed by atoms with Crippen LogP contribution in [0.25, 0.3) is 0 Å². The zero-order valence-electron chi connectivity index (χ0n) is 10.7. The summed E-state index contributed by atoms with van der Waals surface area (Å²) in [6.45, 7) is 2.62. The Balaban J connectivity index is 1.74. The molecule has 98 valence electrons. The first kappa shape index (κ1) is 11.6. The Hall–Kier alpha value is -1.52. The fourth-order valence-electron chi connectivity index (χ4n) is 2.64. The Labute approximate surface area is 107 Å². The van der Waals surface area contributed by atoms with Crippen molar-refractivity contribution in [3.8, 4) is 0 Å². The Morgan fingerprint density at radius 1 is 1.50 bits per heavy atom. The van der Waals surface area contributed by atoms with E-state index in [0.717, 1.165) is 0 Å². The second kappa shape index (κ2) is 4.30. The molecule has 2 aliphatic rings. The predicted molar refractivity (Wildman–Crippen MR) is 69.0 cm³/mol. The third-order valence-corrected chi connectivity index (χ3v) is 3.94. The molecule has 1 aromatic rings. The number of nitrogens with one attached hydrogen (secondary N) is 1. The Morgan fingerprint density at radius 2 is 2.11 bits per heavy atom. The molecule has 5 heteroatoms. The van der Waals surface area contributed by atoms with Gasteiger partial charge in [-0.3, -0.25) is 9.48 Å². The van der Waals surface area contributed by atoms with Crippen molar-refractivity contribution < 1.29 is 4.79 Å². The molecule has 0 aromatic carbocycles. The van der Waals surface area contributed by atoms with E-state index in [1.54, 1.807) is 10.9 Å². The van der Waals surface area contributed by atoms with Gasteiger partial charge in [0.05, 0.1) is 11.9 Å². The van der Waals surface area contributed by atoms with E-state index in [1.165, 1.54) is 25.7 Å². The number of nitrogen functional groups attached to an aromatic ring is 1. The summed E-state index contributed by atoms with van der Waals surface area (Å²) < 4.78 is 1.67. The molecule has 0 unspecified atom stereocenters. The molecule has 2 aliphatic carbocycles. The van der Waals surface area contributed by atoms with Crippen molar-refractivity contribution in [1.29, 1.82) is 0 Å². The van der Waals surface area contributed by atoms with E-state index in [1.807, 2.05) is 6.92 Å². The van der Waals surface area contributed by atoms with Crippen LogP contribution in [0.1, 0.15) is 43.1 Å². The van der Waals surface area contributed by atoms with Crippen LogP contribution in [0.3, 0.4) is 0 Å². The highest BCUT2D eigenvalue weighted by atomic mass is 16.2. The molecule has 18 heavy (non-hydrogen) atoms. The average Bonchev–Trinajstić information content (AvgIpc) is 3.24. The van der Waals surface area contributed by atoms with Crippen LogP contribution in [-0.4, -0.2) is 21.7 Å². The summed E-state index contributed by atoms with van der Waals surface area (Å²) in [5, 5.41) is 7.29. The molecule has 0 atom stereocenters. The van der Waals surface area contributed by atoms with Gasteiger partial charge >= 0.3 is 0 Å². The molecule has 0 aliphatic heterocycles. The highest BCUT2D eigenvalue weighted by Gasteiger charge is 2.42. The van der Waals surface area contributed by atoms with Crippen LogP contribution >= 0.6 is 0 Å². The van der Waals surface area contributed by atoms with Gasteiger partial charge in [-0.25, -0.2) is 0 Å². The molecule has 1 aromatic heterocycles. The largest absolute Gasteiger partial charge is 0.396 e. The number of hydrogen-bond acceptors (Lipinski definition) is 3. The van der Waals surface area contributed by atoms with E-state index in [9.17, 15) is 4.79 Å². The van der Waals surface area contributed by atoms with Crippen LogP contribution in [0, 0.1) is 11.8 Å². The first-order valence-electron chi connectivity index (χ1n) is 6.82. The minimum absolute atomic E-state index is 0.0596. The maximum atomic E-state index is 12.3. The highest BCUT2D eigenvalue weighted by molar-refractivity contribution is 5.97. The minimum Gasteiger partial charge on any atom is -0.396 e. The molecule has 1 amide bonds. The van der Waals surface area contributed by atoms with Gasteiger partial charge in [0.25, 0.3) is 5.91 Å². The van der Waals surface area contributed by atoms with E-state index in [4.69, 9.17) is 5.73 Å². The maximum absolute atomic E-state index is 12.3. The first-order valence-corrected chi connectivity index (χ1v) is 6.82. The van der Waals surface area contributed by atoms with Gasteiger partial charge in [0, 0.05) is 12.6 Å². The highest BCUT2D eigenvalue weighted by Crippen LogP contribution is 2.44. The molecule has 5 nitrogen and oxygen atoms in total. The molecular weight excluding hydrogens is 228 g/mol. The monoisotopic (exact) mass is 248 g/mol. The van der Waals surface area contributed by atoms with Crippen LogP contribution in [0.4, 0.5) is 5.69 Å². The minimum atomic E-state index is -0.0596. The van der Waals surface area contributed by atoms with Crippen LogP contribution in [0.15, 0.2) is 6.20 Å². The fourth-order valence-corrected chi connectivity index (χ4v) is 2.64. The van der Waals surface area contributed by atoms with E-state index < -0.39 is 0 Å². The van der Waals surface area contributed by atoms with Crippen molar-refractivity contribution in [3.63, 3.8) is 0 Å². The van der Waals surface area contributed by atoms with Gasteiger partial charge in [-0.15, -0.1) is 0 Å². The number of carbonyl (C=O) groups is 1. The van der Waals surface area contributed by atoms with E-state index in [0.29, 0.717) is 35.8 Å². The first-order chi connectivity index (χ1) is 8.70. The summed E-state index contributed by atoms with van der Waals surface area (Å²) in [6, 6.07) is 0.358. The molecule has 2 saturated carbocycles. The zero-order valence-corrected chi connectivity index (χ0v) is 10.7. The lowest BCUT2D eigenvalue weighted by Crippen LogP contribution is -2.39. The van der Waals surface area contributed by atoms with Gasteiger partial charge in [0.2, 0.25) is 0 Å². The fraction of sp³-hybridized carbons (Fsp3) is 0.692. The number of hydrogen-bond donors (Lipinski definition) is 2. The van der Waals surface area contributed by atoms with Crippen molar-refractivity contribution in [3.05, 3.63) is 11.9 Å². The normalized spacial score (nSPS) is 19.2. The molecule has 0 spiro atoms. The number of aromatic nitrogens is 2. The van der Waals surface area contributed by atoms with Gasteiger partial charge in [-0.05, 0) is 44.4 Å². The molecule has 3 rings (SSSR count). The SMILES string of the molecule is CCn1ncc(N)c1C(=O)NC(C1CC1)C1CC1. The smallest absolute Gasteiger partial charge is 0.271 e. The number of aryl methyl sites for hydroxylation is 1. The second-order valence-electron chi connectivity index (χ2n) is 5.44. The van der Waals surface area contributed by atoms with Crippen molar-refractivity contribution in [2.24, 2.45) is 11.8 Å². The lowest BCUT2D eigenvalue weighted by atomic mass is 10.1. The number of nitrogens with zero attached hydrogens (tertiary/aromatic N) is 2. The lowest BCUT2D eigenvalue weighted by molar-refractivity contribution is 0.0916. The molecular formula is C13H20N4O. The van der Waals surface area contributed by atoms with Crippen molar-refractivity contribution in [1.82, 2.24) is 15.1 Å². The van der Waals surface area contributed by atoms with Crippen molar-refractivity contribution >= 4 is 11.6 Å². The topological polar surface area (TPSA) is 72.9 Å². The van der Waals surface area contributed by atoms with E-state index >= 15 is 0 Å². The summed E-state index contributed by atoms with van der Waals surface area (Å²) in [6.07, 6.45) is 6.57. The Bertz CT molecular complexity index is 448.